The third-order valence-corrected chi connectivity index (χ3v) is 6.52. The maximum atomic E-state index is 2.46. The first-order valence-electron chi connectivity index (χ1n) is 11.5. The van der Waals surface area contributed by atoms with Crippen LogP contribution in [-0.2, 0) is 12.8 Å². The molecule has 30 heavy (non-hydrogen) atoms. The van der Waals surface area contributed by atoms with Crippen molar-refractivity contribution in [1.29, 1.82) is 0 Å². The maximum Gasteiger partial charge on any atom is 0.0389 e. The lowest BCUT2D eigenvalue weighted by Crippen LogP contribution is -2.25. The number of benzene rings is 3. The van der Waals surface area contributed by atoms with Crippen LogP contribution in [0.15, 0.2) is 60.7 Å². The average molecular weight is 399 g/mol. The summed E-state index contributed by atoms with van der Waals surface area (Å²) in [7, 11) is 0. The van der Waals surface area contributed by atoms with Gasteiger partial charge in [-0.25, -0.2) is 0 Å². The van der Waals surface area contributed by atoms with Crippen LogP contribution >= 0.6 is 0 Å². The number of fused-ring (bicyclic) bond motifs is 3. The van der Waals surface area contributed by atoms with Gasteiger partial charge in [-0.3, -0.25) is 0 Å². The smallest absolute Gasteiger partial charge is 0.0389 e. The van der Waals surface area contributed by atoms with E-state index in [-0.39, 0.29) is 0 Å². The molecule has 0 radical (unpaired) electrons. The topological polar surface area (TPSA) is 6.48 Å². The fourth-order valence-electron chi connectivity index (χ4n) is 4.94. The van der Waals surface area contributed by atoms with E-state index in [1.807, 2.05) is 0 Å². The highest BCUT2D eigenvalue weighted by molar-refractivity contribution is 5.80. The summed E-state index contributed by atoms with van der Waals surface area (Å²) in [5.41, 5.74) is 11.3. The molecule has 0 aromatic heterocycles. The highest BCUT2D eigenvalue weighted by Crippen LogP contribution is 2.40. The van der Waals surface area contributed by atoms with Gasteiger partial charge in [-0.2, -0.15) is 0 Å². The van der Waals surface area contributed by atoms with Crippen LogP contribution in [-0.4, -0.2) is 26.2 Å². The molecule has 4 rings (SSSR count). The normalized spacial score (nSPS) is 11.9. The molecule has 3 aromatic rings. The van der Waals surface area contributed by atoms with Gasteiger partial charge in [-0.15, -0.1) is 0 Å². The van der Waals surface area contributed by atoms with E-state index < -0.39 is 0 Å². The predicted octanol–water partition coefficient (Wildman–Crippen LogP) is 6.54. The number of hydrogen-bond donors (Lipinski definition) is 0. The quantitative estimate of drug-likeness (QED) is 0.332. The number of nitrogens with zero attached hydrogens (tertiary/aromatic N) is 2. The van der Waals surface area contributed by atoms with Gasteiger partial charge in [0.2, 0.25) is 0 Å². The second-order valence-electron chi connectivity index (χ2n) is 8.16. The molecule has 1 aliphatic rings. The predicted molar refractivity (Wildman–Crippen MR) is 131 cm³/mol. The van der Waals surface area contributed by atoms with E-state index in [2.05, 4.69) is 98.2 Å². The minimum Gasteiger partial charge on any atom is -0.372 e. The Kier molecular flexibility index (Phi) is 6.13. The van der Waals surface area contributed by atoms with Crippen molar-refractivity contribution in [3.8, 4) is 11.1 Å². The largest absolute Gasteiger partial charge is 0.372 e. The summed E-state index contributed by atoms with van der Waals surface area (Å²) in [4.78, 5) is 4.92. The summed E-state index contributed by atoms with van der Waals surface area (Å²) in [6.07, 6.45) is 2.03. The van der Waals surface area contributed by atoms with Crippen molar-refractivity contribution in [2.24, 2.45) is 0 Å². The molecule has 0 saturated heterocycles. The molecule has 0 atom stereocenters. The van der Waals surface area contributed by atoms with E-state index >= 15 is 0 Å². The second-order valence-corrected chi connectivity index (χ2v) is 8.16. The van der Waals surface area contributed by atoms with Gasteiger partial charge < -0.3 is 9.80 Å². The van der Waals surface area contributed by atoms with Gasteiger partial charge in [-0.1, -0.05) is 42.5 Å². The third kappa shape index (κ3) is 3.84. The van der Waals surface area contributed by atoms with Gasteiger partial charge in [0, 0.05) is 37.6 Å². The van der Waals surface area contributed by atoms with Gasteiger partial charge in [0.1, 0.15) is 0 Å². The van der Waals surface area contributed by atoms with Crippen molar-refractivity contribution in [2.75, 3.05) is 36.0 Å². The molecule has 0 amide bonds. The zero-order chi connectivity index (χ0) is 21.1. The van der Waals surface area contributed by atoms with Gasteiger partial charge in [0.25, 0.3) is 0 Å². The summed E-state index contributed by atoms with van der Waals surface area (Å²) in [6.45, 7) is 13.1. The molecule has 0 spiro atoms. The molecule has 0 bridgehead atoms. The molecule has 2 heteroatoms. The highest BCUT2D eigenvalue weighted by Gasteiger charge is 2.21. The third-order valence-electron chi connectivity index (χ3n) is 6.52. The van der Waals surface area contributed by atoms with E-state index in [0.29, 0.717) is 0 Å². The SMILES string of the molecule is CCN(CC)c1cc(Cc2cccc3c2-c2ccccc2C3)cc(N(CC)CC)c1. The van der Waals surface area contributed by atoms with Crippen LogP contribution in [0.1, 0.15) is 49.9 Å². The van der Waals surface area contributed by atoms with Crippen molar-refractivity contribution >= 4 is 11.4 Å². The number of rotatable bonds is 8. The summed E-state index contributed by atoms with van der Waals surface area (Å²) in [5, 5.41) is 0. The molecule has 1 aliphatic carbocycles. The molecule has 0 heterocycles. The van der Waals surface area contributed by atoms with Crippen LogP contribution in [0, 0.1) is 0 Å². The first-order valence-corrected chi connectivity index (χ1v) is 11.5. The Morgan fingerprint density at radius 1 is 0.667 bits per heavy atom. The minimum atomic E-state index is 0.973. The molecule has 0 fully saturated rings. The van der Waals surface area contributed by atoms with Crippen LogP contribution in [0.3, 0.4) is 0 Å². The molecule has 0 unspecified atom stereocenters. The lowest BCUT2D eigenvalue weighted by molar-refractivity contribution is 0.849. The average Bonchev–Trinajstić information content (AvgIpc) is 3.15. The summed E-state index contributed by atoms with van der Waals surface area (Å²) in [5.74, 6) is 0. The number of hydrogen-bond acceptors (Lipinski definition) is 2. The standard InChI is InChI=1S/C28H34N2/c1-5-29(6-2)25-17-21(18-26(20-25)30(7-3)8-4)16-23-13-11-14-24-19-22-12-9-10-15-27(22)28(23)24/h9-15,17-18,20H,5-8,16,19H2,1-4H3. The fraction of sp³-hybridized carbons (Fsp3) is 0.357. The first kappa shape index (κ1) is 20.5. The highest BCUT2D eigenvalue weighted by atomic mass is 15.1. The van der Waals surface area contributed by atoms with Crippen LogP contribution in [0.4, 0.5) is 11.4 Å². The molecule has 3 aromatic carbocycles. The Balaban J connectivity index is 1.77. The van der Waals surface area contributed by atoms with Crippen LogP contribution in [0.5, 0.6) is 0 Å². The molecule has 0 N–H and O–H groups in total. The monoisotopic (exact) mass is 398 g/mol. The Hall–Kier alpha value is -2.74. The number of anilines is 2. The molecule has 0 saturated carbocycles. The van der Waals surface area contributed by atoms with Gasteiger partial charge >= 0.3 is 0 Å². The molecule has 0 aliphatic heterocycles. The lowest BCUT2D eigenvalue weighted by atomic mass is 9.94. The minimum absolute atomic E-state index is 0.973. The van der Waals surface area contributed by atoms with Gasteiger partial charge in [0.05, 0.1) is 0 Å². The van der Waals surface area contributed by atoms with E-state index in [1.165, 1.54) is 44.8 Å². The van der Waals surface area contributed by atoms with Crippen molar-refractivity contribution in [2.45, 2.75) is 40.5 Å². The Labute approximate surface area is 182 Å². The second kappa shape index (κ2) is 8.95. The van der Waals surface area contributed by atoms with Gasteiger partial charge in [0.15, 0.2) is 0 Å². The summed E-state index contributed by atoms with van der Waals surface area (Å²) < 4.78 is 0. The van der Waals surface area contributed by atoms with E-state index in [4.69, 9.17) is 0 Å². The zero-order valence-electron chi connectivity index (χ0n) is 18.9. The Morgan fingerprint density at radius 2 is 1.27 bits per heavy atom. The van der Waals surface area contributed by atoms with E-state index in [1.54, 1.807) is 0 Å². The van der Waals surface area contributed by atoms with E-state index in [9.17, 15) is 0 Å². The van der Waals surface area contributed by atoms with Crippen LogP contribution in [0.2, 0.25) is 0 Å². The summed E-state index contributed by atoms with van der Waals surface area (Å²) >= 11 is 0. The zero-order valence-corrected chi connectivity index (χ0v) is 18.9. The van der Waals surface area contributed by atoms with E-state index in [0.717, 1.165) is 39.0 Å². The Bertz CT molecular complexity index is 983. The Morgan fingerprint density at radius 3 is 1.90 bits per heavy atom. The molecule has 156 valence electrons. The lowest BCUT2D eigenvalue weighted by Gasteiger charge is -2.27. The van der Waals surface area contributed by atoms with Crippen LogP contribution in [0.25, 0.3) is 11.1 Å². The van der Waals surface area contributed by atoms with Gasteiger partial charge in [-0.05, 0) is 92.1 Å². The molecular weight excluding hydrogens is 364 g/mol. The fourth-order valence-corrected chi connectivity index (χ4v) is 4.94. The van der Waals surface area contributed by atoms with Crippen molar-refractivity contribution in [1.82, 2.24) is 0 Å². The van der Waals surface area contributed by atoms with Crippen molar-refractivity contribution in [3.05, 3.63) is 82.9 Å². The van der Waals surface area contributed by atoms with Crippen molar-refractivity contribution in [3.63, 3.8) is 0 Å². The maximum absolute atomic E-state index is 2.46. The van der Waals surface area contributed by atoms with Crippen molar-refractivity contribution < 1.29 is 0 Å². The first-order chi connectivity index (χ1) is 14.7. The molecular formula is C28H34N2. The van der Waals surface area contributed by atoms with Crippen LogP contribution < -0.4 is 9.80 Å². The summed E-state index contributed by atoms with van der Waals surface area (Å²) in [6, 6.07) is 22.9. The molecule has 2 nitrogen and oxygen atoms in total.